The number of piperazine rings is 1. The summed E-state index contributed by atoms with van der Waals surface area (Å²) in [4.78, 5) is 13.9. The number of hydrogen-bond acceptors (Lipinski definition) is 3. The average Bonchev–Trinajstić information content (AvgIpc) is 2.35. The van der Waals surface area contributed by atoms with Crippen molar-refractivity contribution in [2.45, 2.75) is 6.92 Å². The first-order valence-electron chi connectivity index (χ1n) is 6.14. The van der Waals surface area contributed by atoms with Crippen LogP contribution in [0.5, 0.6) is 0 Å². The maximum absolute atomic E-state index is 13.1. The first-order valence-corrected chi connectivity index (χ1v) is 6.14. The van der Waals surface area contributed by atoms with Gasteiger partial charge in [-0.1, -0.05) is 6.07 Å². The largest absolute Gasteiger partial charge is 0.325 e. The summed E-state index contributed by atoms with van der Waals surface area (Å²) in [5, 5.41) is 5.99. The fraction of sp³-hybridized carbons (Fsp3) is 0.462. The second kappa shape index (κ2) is 5.93. The maximum Gasteiger partial charge on any atom is 0.238 e. The molecule has 4 nitrogen and oxygen atoms in total. The number of aryl methyl sites for hydroxylation is 1. The van der Waals surface area contributed by atoms with E-state index < -0.39 is 0 Å². The molecule has 2 N–H and O–H groups in total. The monoisotopic (exact) mass is 251 g/mol. The third-order valence-electron chi connectivity index (χ3n) is 3.05. The van der Waals surface area contributed by atoms with Gasteiger partial charge in [-0.05, 0) is 24.6 Å². The Morgan fingerprint density at radius 1 is 1.44 bits per heavy atom. The van der Waals surface area contributed by atoms with Crippen molar-refractivity contribution in [2.24, 2.45) is 0 Å². The van der Waals surface area contributed by atoms with Crippen LogP contribution in [0.1, 0.15) is 5.56 Å². The van der Waals surface area contributed by atoms with Crippen LogP contribution in [0.2, 0.25) is 0 Å². The second-order valence-electron chi connectivity index (χ2n) is 4.53. The van der Waals surface area contributed by atoms with Crippen molar-refractivity contribution in [2.75, 3.05) is 38.0 Å². The van der Waals surface area contributed by atoms with Crippen molar-refractivity contribution in [3.63, 3.8) is 0 Å². The molecule has 2 rings (SSSR count). The summed E-state index contributed by atoms with van der Waals surface area (Å²) in [5.74, 6) is -0.427. The van der Waals surface area contributed by atoms with Gasteiger partial charge in [-0.3, -0.25) is 9.69 Å². The molecule has 1 fully saturated rings. The number of carbonyl (C=O) groups is 1. The number of nitrogens with zero attached hydrogens (tertiary/aromatic N) is 1. The van der Waals surface area contributed by atoms with Gasteiger partial charge in [0.25, 0.3) is 0 Å². The zero-order valence-electron chi connectivity index (χ0n) is 10.5. The Hall–Kier alpha value is -1.46. The minimum absolute atomic E-state index is 0.0920. The molecule has 1 aliphatic rings. The summed E-state index contributed by atoms with van der Waals surface area (Å²) in [6.07, 6.45) is 0. The third-order valence-corrected chi connectivity index (χ3v) is 3.05. The van der Waals surface area contributed by atoms with Crippen molar-refractivity contribution in [1.29, 1.82) is 0 Å². The van der Waals surface area contributed by atoms with Gasteiger partial charge in [0.05, 0.1) is 6.54 Å². The Kier molecular flexibility index (Phi) is 4.28. The van der Waals surface area contributed by atoms with Crippen LogP contribution in [0.4, 0.5) is 10.1 Å². The van der Waals surface area contributed by atoms with E-state index in [1.807, 2.05) is 6.92 Å². The minimum atomic E-state index is -0.335. The summed E-state index contributed by atoms with van der Waals surface area (Å²) in [6, 6.07) is 4.40. The summed E-state index contributed by atoms with van der Waals surface area (Å²) in [5.41, 5.74) is 1.42. The van der Waals surface area contributed by atoms with E-state index >= 15 is 0 Å². The Morgan fingerprint density at radius 3 is 2.89 bits per heavy atom. The molecule has 18 heavy (non-hydrogen) atoms. The molecule has 0 aliphatic carbocycles. The lowest BCUT2D eigenvalue weighted by Crippen LogP contribution is -2.46. The van der Waals surface area contributed by atoms with E-state index in [4.69, 9.17) is 0 Å². The lowest BCUT2D eigenvalue weighted by Gasteiger charge is -2.26. The van der Waals surface area contributed by atoms with Crippen LogP contribution in [0.3, 0.4) is 0 Å². The number of halogens is 1. The topological polar surface area (TPSA) is 44.4 Å². The van der Waals surface area contributed by atoms with Crippen molar-refractivity contribution < 1.29 is 9.18 Å². The predicted octanol–water partition coefficient (Wildman–Crippen LogP) is 0.978. The van der Waals surface area contributed by atoms with Gasteiger partial charge in [0.2, 0.25) is 5.91 Å². The smallest absolute Gasteiger partial charge is 0.238 e. The summed E-state index contributed by atoms with van der Waals surface area (Å²) < 4.78 is 13.1. The highest BCUT2D eigenvalue weighted by molar-refractivity contribution is 5.92. The molecule has 0 bridgehead atoms. The molecule has 0 saturated carbocycles. The Bertz CT molecular complexity index is 430. The second-order valence-corrected chi connectivity index (χ2v) is 4.53. The standard InChI is InChI=1S/C13H18FN3O/c1-10-2-3-11(14)8-12(10)16-13(18)9-17-6-4-15-5-7-17/h2-3,8,15H,4-7,9H2,1H3,(H,16,18). The van der Waals surface area contributed by atoms with Gasteiger partial charge in [-0.15, -0.1) is 0 Å². The van der Waals surface area contributed by atoms with Crippen LogP contribution < -0.4 is 10.6 Å². The van der Waals surface area contributed by atoms with E-state index in [1.54, 1.807) is 6.07 Å². The number of anilines is 1. The summed E-state index contributed by atoms with van der Waals surface area (Å²) in [6.45, 7) is 5.77. The van der Waals surface area contributed by atoms with E-state index in [0.717, 1.165) is 31.7 Å². The Balaban J connectivity index is 1.92. The molecule has 0 spiro atoms. The van der Waals surface area contributed by atoms with Crippen LogP contribution in [-0.2, 0) is 4.79 Å². The van der Waals surface area contributed by atoms with Gasteiger partial charge in [-0.2, -0.15) is 0 Å². The molecule has 1 heterocycles. The number of rotatable bonds is 3. The average molecular weight is 251 g/mol. The molecular formula is C13H18FN3O. The molecule has 1 amide bonds. The van der Waals surface area contributed by atoms with Crippen LogP contribution in [-0.4, -0.2) is 43.5 Å². The molecule has 0 aromatic heterocycles. The molecule has 1 aromatic rings. The Labute approximate surface area is 106 Å². The van der Waals surface area contributed by atoms with E-state index in [1.165, 1.54) is 12.1 Å². The maximum atomic E-state index is 13.1. The highest BCUT2D eigenvalue weighted by atomic mass is 19.1. The number of carbonyl (C=O) groups excluding carboxylic acids is 1. The van der Waals surface area contributed by atoms with Crippen molar-refractivity contribution in [3.05, 3.63) is 29.6 Å². The first-order chi connectivity index (χ1) is 8.65. The normalized spacial score (nSPS) is 16.6. The highest BCUT2D eigenvalue weighted by Crippen LogP contribution is 2.15. The van der Waals surface area contributed by atoms with Crippen LogP contribution in [0, 0.1) is 12.7 Å². The fourth-order valence-corrected chi connectivity index (χ4v) is 1.99. The van der Waals surface area contributed by atoms with E-state index in [9.17, 15) is 9.18 Å². The van der Waals surface area contributed by atoms with E-state index in [-0.39, 0.29) is 11.7 Å². The van der Waals surface area contributed by atoms with Crippen molar-refractivity contribution in [3.8, 4) is 0 Å². The molecule has 0 radical (unpaired) electrons. The molecule has 0 unspecified atom stereocenters. The quantitative estimate of drug-likeness (QED) is 0.841. The van der Waals surface area contributed by atoms with Gasteiger partial charge in [0.1, 0.15) is 5.82 Å². The third kappa shape index (κ3) is 3.51. The van der Waals surface area contributed by atoms with Crippen LogP contribution in [0.25, 0.3) is 0 Å². The van der Waals surface area contributed by atoms with Crippen molar-refractivity contribution >= 4 is 11.6 Å². The number of amides is 1. The summed E-state index contributed by atoms with van der Waals surface area (Å²) >= 11 is 0. The Morgan fingerprint density at radius 2 is 2.17 bits per heavy atom. The molecule has 1 saturated heterocycles. The molecule has 0 atom stereocenters. The molecule has 5 heteroatoms. The van der Waals surface area contributed by atoms with E-state index in [2.05, 4.69) is 15.5 Å². The fourth-order valence-electron chi connectivity index (χ4n) is 1.99. The lowest BCUT2D eigenvalue weighted by molar-refractivity contribution is -0.117. The molecule has 1 aromatic carbocycles. The number of hydrogen-bond donors (Lipinski definition) is 2. The van der Waals surface area contributed by atoms with Gasteiger partial charge >= 0.3 is 0 Å². The first kappa shape index (κ1) is 13.0. The van der Waals surface area contributed by atoms with Gasteiger partial charge in [-0.25, -0.2) is 4.39 Å². The highest BCUT2D eigenvalue weighted by Gasteiger charge is 2.14. The van der Waals surface area contributed by atoms with Crippen LogP contribution in [0.15, 0.2) is 18.2 Å². The van der Waals surface area contributed by atoms with E-state index in [0.29, 0.717) is 12.2 Å². The van der Waals surface area contributed by atoms with Crippen molar-refractivity contribution in [1.82, 2.24) is 10.2 Å². The van der Waals surface area contributed by atoms with Gasteiger partial charge in [0.15, 0.2) is 0 Å². The number of benzene rings is 1. The summed E-state index contributed by atoms with van der Waals surface area (Å²) in [7, 11) is 0. The predicted molar refractivity (Wildman–Crippen MR) is 69.1 cm³/mol. The van der Waals surface area contributed by atoms with Crippen LogP contribution >= 0.6 is 0 Å². The zero-order chi connectivity index (χ0) is 13.0. The zero-order valence-corrected chi connectivity index (χ0v) is 10.5. The SMILES string of the molecule is Cc1ccc(F)cc1NC(=O)CN1CCNCC1. The molecule has 98 valence electrons. The lowest BCUT2D eigenvalue weighted by atomic mass is 10.2. The van der Waals surface area contributed by atoms with Gasteiger partial charge in [0, 0.05) is 31.9 Å². The molecule has 1 aliphatic heterocycles. The van der Waals surface area contributed by atoms with Gasteiger partial charge < -0.3 is 10.6 Å². The minimum Gasteiger partial charge on any atom is -0.325 e. The molecular weight excluding hydrogens is 233 g/mol. The number of nitrogens with one attached hydrogen (secondary N) is 2.